The van der Waals surface area contributed by atoms with Crippen molar-refractivity contribution in [1.29, 1.82) is 0 Å². The predicted molar refractivity (Wildman–Crippen MR) is 62.1 cm³/mol. The van der Waals surface area contributed by atoms with Crippen LogP contribution in [0.5, 0.6) is 0 Å². The second-order valence-electron chi connectivity index (χ2n) is 4.88. The second-order valence-corrected chi connectivity index (χ2v) is 4.88. The third-order valence-corrected chi connectivity index (χ3v) is 3.43. The Hall–Kier alpha value is -1.04. The zero-order chi connectivity index (χ0) is 13.3. The van der Waals surface area contributed by atoms with Crippen molar-refractivity contribution in [2.45, 2.75) is 46.0 Å². The standard InChI is InChI=1S/C12H18F3N3/c1-3-8(2)7-18-10-4-5-16-6-9(10)17-11(18)12(13,14)15/h8,16H,3-7H2,1-2H3. The first-order chi connectivity index (χ1) is 8.43. The minimum Gasteiger partial charge on any atom is -0.324 e. The molecule has 0 aliphatic carbocycles. The Balaban J connectivity index is 2.42. The second kappa shape index (κ2) is 4.91. The molecule has 0 fully saturated rings. The van der Waals surface area contributed by atoms with Gasteiger partial charge < -0.3 is 9.88 Å². The van der Waals surface area contributed by atoms with Crippen molar-refractivity contribution in [3.63, 3.8) is 0 Å². The van der Waals surface area contributed by atoms with Crippen LogP contribution in [-0.2, 0) is 25.7 Å². The van der Waals surface area contributed by atoms with Gasteiger partial charge in [0.25, 0.3) is 0 Å². The fourth-order valence-corrected chi connectivity index (χ4v) is 2.22. The van der Waals surface area contributed by atoms with Gasteiger partial charge in [-0.2, -0.15) is 13.2 Å². The minimum absolute atomic E-state index is 0.222. The molecule has 0 aromatic carbocycles. The van der Waals surface area contributed by atoms with E-state index in [9.17, 15) is 13.2 Å². The van der Waals surface area contributed by atoms with Gasteiger partial charge in [0.2, 0.25) is 5.82 Å². The molecule has 0 saturated carbocycles. The Labute approximate surface area is 104 Å². The van der Waals surface area contributed by atoms with Crippen molar-refractivity contribution in [3.05, 3.63) is 17.2 Å². The van der Waals surface area contributed by atoms with E-state index in [-0.39, 0.29) is 5.92 Å². The Kier molecular flexibility index (Phi) is 3.66. The third-order valence-electron chi connectivity index (χ3n) is 3.43. The average molecular weight is 261 g/mol. The highest BCUT2D eigenvalue weighted by Gasteiger charge is 2.39. The number of rotatable bonds is 3. The molecule has 0 amide bonds. The Morgan fingerprint density at radius 3 is 2.78 bits per heavy atom. The number of alkyl halides is 3. The van der Waals surface area contributed by atoms with E-state index < -0.39 is 12.0 Å². The summed E-state index contributed by atoms with van der Waals surface area (Å²) < 4.78 is 40.3. The molecule has 3 nitrogen and oxygen atoms in total. The van der Waals surface area contributed by atoms with Crippen LogP contribution in [0.1, 0.15) is 37.5 Å². The lowest BCUT2D eigenvalue weighted by atomic mass is 10.1. The van der Waals surface area contributed by atoms with Crippen molar-refractivity contribution in [3.8, 4) is 0 Å². The Bertz CT molecular complexity index is 423. The number of halogens is 3. The van der Waals surface area contributed by atoms with E-state index >= 15 is 0 Å². The van der Waals surface area contributed by atoms with Gasteiger partial charge in [-0.25, -0.2) is 4.98 Å². The quantitative estimate of drug-likeness (QED) is 0.906. The number of fused-ring (bicyclic) bond motifs is 1. The van der Waals surface area contributed by atoms with E-state index in [0.29, 0.717) is 25.2 Å². The lowest BCUT2D eigenvalue weighted by Gasteiger charge is -2.19. The van der Waals surface area contributed by atoms with E-state index in [4.69, 9.17) is 0 Å². The molecular weight excluding hydrogens is 243 g/mol. The van der Waals surface area contributed by atoms with Crippen LogP contribution in [0.15, 0.2) is 0 Å². The van der Waals surface area contributed by atoms with Crippen molar-refractivity contribution >= 4 is 0 Å². The summed E-state index contributed by atoms with van der Waals surface area (Å²) in [5, 5.41) is 3.06. The summed E-state index contributed by atoms with van der Waals surface area (Å²) >= 11 is 0. The summed E-state index contributed by atoms with van der Waals surface area (Å²) in [6, 6.07) is 0. The van der Waals surface area contributed by atoms with Gasteiger partial charge in [0.15, 0.2) is 0 Å². The number of nitrogens with zero attached hydrogens (tertiary/aromatic N) is 2. The number of aromatic nitrogens is 2. The normalized spacial score (nSPS) is 17.6. The van der Waals surface area contributed by atoms with Crippen LogP contribution >= 0.6 is 0 Å². The van der Waals surface area contributed by atoms with Gasteiger partial charge in [-0.3, -0.25) is 0 Å². The van der Waals surface area contributed by atoms with Gasteiger partial charge in [0.1, 0.15) is 0 Å². The topological polar surface area (TPSA) is 29.9 Å². The summed E-state index contributed by atoms with van der Waals surface area (Å²) in [4.78, 5) is 3.78. The Morgan fingerprint density at radius 2 is 2.17 bits per heavy atom. The molecule has 0 radical (unpaired) electrons. The van der Waals surface area contributed by atoms with Crippen LogP contribution in [0, 0.1) is 5.92 Å². The van der Waals surface area contributed by atoms with E-state index in [1.54, 1.807) is 0 Å². The number of hydrogen-bond donors (Lipinski definition) is 1. The molecule has 1 aliphatic rings. The zero-order valence-electron chi connectivity index (χ0n) is 10.6. The summed E-state index contributed by atoms with van der Waals surface area (Å²) in [5.74, 6) is -0.518. The van der Waals surface area contributed by atoms with Gasteiger partial charge in [-0.15, -0.1) is 0 Å². The molecule has 18 heavy (non-hydrogen) atoms. The molecule has 102 valence electrons. The van der Waals surface area contributed by atoms with Crippen LogP contribution in [0.4, 0.5) is 13.2 Å². The summed E-state index contributed by atoms with van der Waals surface area (Å²) in [6.45, 7) is 5.51. The highest BCUT2D eigenvalue weighted by Crippen LogP contribution is 2.32. The molecule has 2 rings (SSSR count). The lowest BCUT2D eigenvalue weighted by molar-refractivity contribution is -0.147. The monoisotopic (exact) mass is 261 g/mol. The third kappa shape index (κ3) is 2.53. The largest absolute Gasteiger partial charge is 0.449 e. The number of imidazole rings is 1. The van der Waals surface area contributed by atoms with Gasteiger partial charge in [-0.05, 0) is 5.92 Å². The fraction of sp³-hybridized carbons (Fsp3) is 0.750. The van der Waals surface area contributed by atoms with Gasteiger partial charge >= 0.3 is 6.18 Å². The molecule has 1 aromatic rings. The van der Waals surface area contributed by atoms with E-state index in [1.807, 2.05) is 13.8 Å². The van der Waals surface area contributed by atoms with E-state index in [0.717, 1.165) is 18.7 Å². The maximum Gasteiger partial charge on any atom is 0.449 e. The first kappa shape index (κ1) is 13.4. The van der Waals surface area contributed by atoms with E-state index in [2.05, 4.69) is 10.3 Å². The highest BCUT2D eigenvalue weighted by molar-refractivity contribution is 5.21. The van der Waals surface area contributed by atoms with Crippen molar-refractivity contribution < 1.29 is 13.2 Å². The van der Waals surface area contributed by atoms with Gasteiger partial charge in [0, 0.05) is 31.7 Å². The smallest absolute Gasteiger partial charge is 0.324 e. The van der Waals surface area contributed by atoms with Gasteiger partial charge in [-0.1, -0.05) is 20.3 Å². The molecular formula is C12H18F3N3. The van der Waals surface area contributed by atoms with Crippen LogP contribution in [0.25, 0.3) is 0 Å². The minimum atomic E-state index is -4.37. The first-order valence-corrected chi connectivity index (χ1v) is 6.29. The van der Waals surface area contributed by atoms with Crippen molar-refractivity contribution in [2.75, 3.05) is 6.54 Å². The first-order valence-electron chi connectivity index (χ1n) is 6.29. The maximum absolute atomic E-state index is 13.0. The van der Waals surface area contributed by atoms with Gasteiger partial charge in [0.05, 0.1) is 5.69 Å². The van der Waals surface area contributed by atoms with Crippen LogP contribution < -0.4 is 5.32 Å². The predicted octanol–water partition coefficient (Wildman–Crippen LogP) is 2.59. The maximum atomic E-state index is 13.0. The zero-order valence-corrected chi connectivity index (χ0v) is 10.6. The van der Waals surface area contributed by atoms with E-state index in [1.165, 1.54) is 4.57 Å². The average Bonchev–Trinajstić information content (AvgIpc) is 2.68. The number of hydrogen-bond acceptors (Lipinski definition) is 2. The van der Waals surface area contributed by atoms with Crippen LogP contribution in [0.3, 0.4) is 0 Å². The molecule has 2 heterocycles. The molecule has 0 spiro atoms. The molecule has 0 bridgehead atoms. The summed E-state index contributed by atoms with van der Waals surface area (Å²) in [5.41, 5.74) is 1.30. The lowest BCUT2D eigenvalue weighted by Crippen LogP contribution is -2.26. The molecule has 1 aliphatic heterocycles. The molecule has 1 N–H and O–H groups in total. The molecule has 1 unspecified atom stereocenters. The SMILES string of the molecule is CCC(C)Cn1c(C(F)(F)F)nc2c1CCNC2. The molecule has 1 aromatic heterocycles. The highest BCUT2D eigenvalue weighted by atomic mass is 19.4. The Morgan fingerprint density at radius 1 is 1.44 bits per heavy atom. The van der Waals surface area contributed by atoms with Crippen molar-refractivity contribution in [1.82, 2.24) is 14.9 Å². The van der Waals surface area contributed by atoms with Crippen molar-refractivity contribution in [2.24, 2.45) is 5.92 Å². The molecule has 0 saturated heterocycles. The molecule has 6 heteroatoms. The summed E-state index contributed by atoms with van der Waals surface area (Å²) in [7, 11) is 0. The summed E-state index contributed by atoms with van der Waals surface area (Å²) in [6.07, 6.45) is -2.89. The van der Waals surface area contributed by atoms with Crippen LogP contribution in [-0.4, -0.2) is 16.1 Å². The van der Waals surface area contributed by atoms with Crippen LogP contribution in [0.2, 0.25) is 0 Å². The number of nitrogens with one attached hydrogen (secondary N) is 1. The fourth-order valence-electron chi connectivity index (χ4n) is 2.22. The molecule has 1 atom stereocenters.